The molecule has 0 spiro atoms. The SMILES string of the molecule is C.C.C.C.C.C.C[SiH](C)C.C[Si](C)(C)OCCC12CC3CC(CC(C3)C1)C2.OCCC12CC3CC(CC(C3)C1)C2.[Cl][Ni][Cl].[HH]. The van der Waals surface area contributed by atoms with Crippen molar-refractivity contribution < 1.29 is 23.6 Å². The van der Waals surface area contributed by atoms with E-state index in [0.717, 1.165) is 48.5 Å². The van der Waals surface area contributed by atoms with Crippen molar-refractivity contribution in [1.82, 2.24) is 0 Å². The number of halogens is 2. The first kappa shape index (κ1) is 51.3. The number of rotatable bonds is 6. The van der Waals surface area contributed by atoms with E-state index < -0.39 is 8.32 Å². The Labute approximate surface area is 292 Å². The van der Waals surface area contributed by atoms with E-state index in [1.165, 1.54) is 64.2 Å². The second-order valence-corrected chi connectivity index (χ2v) is 25.4. The Bertz CT molecular complexity index is 620. The molecule has 8 bridgehead atoms. The maximum absolute atomic E-state index is 9.13. The van der Waals surface area contributed by atoms with Crippen LogP contribution in [0, 0.1) is 46.3 Å². The van der Waals surface area contributed by atoms with Gasteiger partial charge in [-0.05, 0) is 156 Å². The molecule has 0 radical (unpaired) electrons. The first-order chi connectivity index (χ1) is 17.4. The van der Waals surface area contributed by atoms with Crippen LogP contribution in [-0.4, -0.2) is 35.4 Å². The number of aliphatic hydroxyl groups is 1. The van der Waals surface area contributed by atoms with E-state index in [9.17, 15) is 0 Å². The summed E-state index contributed by atoms with van der Waals surface area (Å²) >= 11 is 0.569. The average Bonchev–Trinajstić information content (AvgIpc) is 2.71. The van der Waals surface area contributed by atoms with Crippen LogP contribution in [0.2, 0.25) is 39.3 Å². The topological polar surface area (TPSA) is 29.5 Å². The largest absolute Gasteiger partial charge is 0 e. The second kappa shape index (κ2) is 22.9. The van der Waals surface area contributed by atoms with Crippen LogP contribution in [-0.2, 0) is 17.1 Å². The van der Waals surface area contributed by atoms with E-state index in [4.69, 9.17) is 29.9 Å². The Hall–Kier alpha value is 1.43. The summed E-state index contributed by atoms with van der Waals surface area (Å²) in [5.74, 6) is 6.39. The van der Waals surface area contributed by atoms with Gasteiger partial charge in [-0.15, -0.1) is 0 Å². The van der Waals surface area contributed by atoms with Gasteiger partial charge in [0.05, 0.1) is 0 Å². The van der Waals surface area contributed by atoms with Crippen molar-refractivity contribution in [1.29, 1.82) is 0 Å². The summed E-state index contributed by atoms with van der Waals surface area (Å²) in [6, 6.07) is 0. The van der Waals surface area contributed by atoms with E-state index in [1.807, 2.05) is 0 Å². The molecule has 0 saturated heterocycles. The van der Waals surface area contributed by atoms with Gasteiger partial charge in [0.2, 0.25) is 0 Å². The summed E-state index contributed by atoms with van der Waals surface area (Å²) < 4.78 is 6.11. The van der Waals surface area contributed by atoms with Crippen molar-refractivity contribution in [2.45, 2.75) is 174 Å². The zero-order valence-corrected chi connectivity index (χ0v) is 29.4. The molecule has 1 N–H and O–H groups in total. The normalized spacial score (nSPS) is 34.8. The summed E-state index contributed by atoms with van der Waals surface area (Å²) in [5, 5.41) is 9.13. The molecule has 8 saturated carbocycles. The first-order valence-electron chi connectivity index (χ1n) is 15.5. The Kier molecular flexibility index (Phi) is 27.3. The predicted molar refractivity (Wildman–Crippen MR) is 206 cm³/mol. The molecule has 7 heteroatoms. The third kappa shape index (κ3) is 16.4. The van der Waals surface area contributed by atoms with Crippen LogP contribution in [0.4, 0.5) is 0 Å². The first-order valence-corrected chi connectivity index (χ1v) is 25.0. The monoisotopic (exact) mass is 732 g/mol. The van der Waals surface area contributed by atoms with Crippen LogP contribution in [0.15, 0.2) is 0 Å². The Morgan fingerprint density at radius 3 is 1.09 bits per heavy atom. The van der Waals surface area contributed by atoms with Crippen molar-refractivity contribution in [2.75, 3.05) is 13.2 Å². The summed E-state index contributed by atoms with van der Waals surface area (Å²) in [5.41, 5.74) is 1.32. The van der Waals surface area contributed by atoms with Gasteiger partial charge in [-0.1, -0.05) is 64.2 Å². The molecule has 8 fully saturated rings. The minimum Gasteiger partial charge on any atom is 0 e. The standard InChI is InChI=1S/C15H28OSi.C12H20O.C3H10Si.6CH4.2ClH.Ni.H2/c1-17(2,3)16-5-4-15-9-12-6-13(10-15)8-14(7-12)11-15;13-2-1-12-6-9-3-10(7-12)5-11(4-9)8-12;1-4(2)3;;;;;;;;;;/h12-14H,4-11H2,1-3H3;9-11,13H,1-8H2;4H,1-3H3;6*1H4;2*1H;;1H/q;;;;;;;;;;;+2;/p-2. The van der Waals surface area contributed by atoms with Crippen molar-refractivity contribution in [3.63, 3.8) is 0 Å². The fraction of sp³-hybridized carbons (Fsp3) is 1.00. The third-order valence-electron chi connectivity index (χ3n) is 10.1. The summed E-state index contributed by atoms with van der Waals surface area (Å²) in [6.07, 6.45) is 20.6. The molecule has 0 atom stereocenters. The fourth-order valence-corrected chi connectivity index (χ4v) is 10.7. The van der Waals surface area contributed by atoms with Gasteiger partial charge < -0.3 is 9.53 Å². The van der Waals surface area contributed by atoms with Gasteiger partial charge in [-0.2, -0.15) is 0 Å². The van der Waals surface area contributed by atoms with Gasteiger partial charge in [0, 0.05) is 23.4 Å². The minimum absolute atomic E-state index is 0. The second-order valence-electron chi connectivity index (χ2n) is 15.8. The van der Waals surface area contributed by atoms with Gasteiger partial charge in [-0.3, -0.25) is 0 Å². The molecule has 0 amide bonds. The minimum atomic E-state index is -1.29. The van der Waals surface area contributed by atoms with Crippen molar-refractivity contribution >= 4 is 37.5 Å². The predicted octanol–water partition coefficient (Wildman–Crippen LogP) is 13.6. The number of hydrogen-bond donors (Lipinski definition) is 1. The molecule has 43 heavy (non-hydrogen) atoms. The molecule has 8 rings (SSSR count). The van der Waals surface area contributed by atoms with E-state index in [0.29, 0.717) is 30.1 Å². The summed E-state index contributed by atoms with van der Waals surface area (Å²) in [4.78, 5) is 0. The van der Waals surface area contributed by atoms with Crippen LogP contribution in [0.1, 0.15) is 136 Å². The number of hydrogen-bond acceptors (Lipinski definition) is 2. The van der Waals surface area contributed by atoms with Crippen LogP contribution in [0.25, 0.3) is 0 Å². The Balaban J connectivity index is -0.000000170. The molecule has 0 aromatic carbocycles. The van der Waals surface area contributed by atoms with Crippen LogP contribution < -0.4 is 0 Å². The van der Waals surface area contributed by atoms with E-state index in [-0.39, 0.29) is 54.8 Å². The molecule has 0 unspecified atom stereocenters. The van der Waals surface area contributed by atoms with Crippen LogP contribution in [0.3, 0.4) is 0 Å². The molecular formula is C36H84Cl2NiO2Si2. The van der Waals surface area contributed by atoms with Crippen molar-refractivity contribution in [3.8, 4) is 0 Å². The zero-order chi connectivity index (χ0) is 27.3. The van der Waals surface area contributed by atoms with Gasteiger partial charge in [0.25, 0.3) is 0 Å². The third-order valence-corrected chi connectivity index (χ3v) is 11.2. The molecule has 8 aliphatic carbocycles. The van der Waals surface area contributed by atoms with E-state index in [1.54, 1.807) is 19.3 Å². The Morgan fingerprint density at radius 1 is 0.651 bits per heavy atom. The maximum Gasteiger partial charge on any atom is 0 e. The Morgan fingerprint density at radius 2 is 0.884 bits per heavy atom. The smallest absolute Gasteiger partial charge is 0 e. The summed E-state index contributed by atoms with van der Waals surface area (Å²) in [7, 11) is 7.97. The fourth-order valence-electron chi connectivity index (χ4n) is 10.0. The van der Waals surface area contributed by atoms with Gasteiger partial charge in [0.15, 0.2) is 8.32 Å². The zero-order valence-electron chi connectivity index (χ0n) is 24.8. The molecule has 0 aromatic heterocycles. The summed E-state index contributed by atoms with van der Waals surface area (Å²) in [6.45, 7) is 15.3. The molecule has 0 aliphatic heterocycles. The van der Waals surface area contributed by atoms with Crippen molar-refractivity contribution in [3.05, 3.63) is 0 Å². The van der Waals surface area contributed by atoms with E-state index in [2.05, 4.69) is 39.3 Å². The molecular weight excluding hydrogens is 650 g/mol. The van der Waals surface area contributed by atoms with Gasteiger partial charge in [-0.25, -0.2) is 0 Å². The molecule has 8 aliphatic rings. The van der Waals surface area contributed by atoms with Gasteiger partial charge in [0.1, 0.15) is 0 Å². The van der Waals surface area contributed by atoms with Crippen LogP contribution in [0.5, 0.6) is 0 Å². The molecule has 272 valence electrons. The van der Waals surface area contributed by atoms with E-state index >= 15 is 0 Å². The molecule has 0 aromatic rings. The quantitative estimate of drug-likeness (QED) is 0.275. The van der Waals surface area contributed by atoms with Crippen LogP contribution >= 0.6 is 20.4 Å². The molecule has 0 heterocycles. The van der Waals surface area contributed by atoms with Gasteiger partial charge >= 0.3 is 33.0 Å². The maximum atomic E-state index is 9.13. The average molecular weight is 735 g/mol. The number of aliphatic hydroxyl groups excluding tert-OH is 1. The van der Waals surface area contributed by atoms with Crippen molar-refractivity contribution in [2.24, 2.45) is 46.3 Å². The molecule has 2 nitrogen and oxygen atoms in total.